The van der Waals surface area contributed by atoms with Crippen molar-refractivity contribution in [2.24, 2.45) is 0 Å². The average molecular weight is 223 g/mol. The highest BCUT2D eigenvalue weighted by molar-refractivity contribution is 7.14. The van der Waals surface area contributed by atoms with E-state index in [0.717, 1.165) is 21.5 Å². The van der Waals surface area contributed by atoms with Gasteiger partial charge in [-0.3, -0.25) is 0 Å². The Morgan fingerprint density at radius 1 is 1.27 bits per heavy atom. The Kier molecular flexibility index (Phi) is 2.34. The molecule has 0 N–H and O–H groups in total. The molecule has 4 nitrogen and oxygen atoms in total. The van der Waals surface area contributed by atoms with E-state index < -0.39 is 0 Å². The normalized spacial score (nSPS) is 12.0. The maximum Gasteiger partial charge on any atom is 0.169 e. The Labute approximate surface area is 92.3 Å². The minimum Gasteiger partial charge on any atom is -0.360 e. The molecular weight excluding hydrogens is 210 g/mol. The lowest BCUT2D eigenvalue weighted by molar-refractivity contribution is 0.330. The van der Waals surface area contributed by atoms with Crippen molar-refractivity contribution in [1.82, 2.24) is 15.4 Å². The van der Waals surface area contributed by atoms with Gasteiger partial charge in [0.1, 0.15) is 16.5 Å². The van der Waals surface area contributed by atoms with Crippen LogP contribution in [0.5, 0.6) is 0 Å². The van der Waals surface area contributed by atoms with Crippen LogP contribution in [-0.2, 0) is 5.41 Å². The van der Waals surface area contributed by atoms with E-state index in [2.05, 4.69) is 36.1 Å². The van der Waals surface area contributed by atoms with Gasteiger partial charge >= 0.3 is 0 Å². The summed E-state index contributed by atoms with van der Waals surface area (Å²) in [6.07, 6.45) is 0. The molecule has 0 saturated heterocycles. The predicted molar refractivity (Wildman–Crippen MR) is 58.8 cm³/mol. The standard InChI is InChI=1S/C10H13N3OS/c1-6-11-12-9(15-6)7-5-8(14-13-7)10(2,3)4/h5H,1-4H3. The molecule has 0 aliphatic carbocycles. The topological polar surface area (TPSA) is 51.8 Å². The summed E-state index contributed by atoms with van der Waals surface area (Å²) in [4.78, 5) is 0. The molecule has 0 unspecified atom stereocenters. The summed E-state index contributed by atoms with van der Waals surface area (Å²) in [5.41, 5.74) is 0.746. The summed E-state index contributed by atoms with van der Waals surface area (Å²) in [7, 11) is 0. The molecule has 2 aromatic heterocycles. The van der Waals surface area contributed by atoms with Gasteiger partial charge in [-0.25, -0.2) is 0 Å². The largest absolute Gasteiger partial charge is 0.360 e. The predicted octanol–water partition coefficient (Wildman–Crippen LogP) is 2.80. The van der Waals surface area contributed by atoms with Crippen LogP contribution in [0.3, 0.4) is 0 Å². The molecule has 0 fully saturated rings. The van der Waals surface area contributed by atoms with Crippen molar-refractivity contribution in [2.45, 2.75) is 33.1 Å². The van der Waals surface area contributed by atoms with Crippen molar-refractivity contribution in [2.75, 3.05) is 0 Å². The van der Waals surface area contributed by atoms with Gasteiger partial charge in [0.05, 0.1) is 0 Å². The lowest BCUT2D eigenvalue weighted by atomic mass is 9.93. The molecule has 0 bridgehead atoms. The van der Waals surface area contributed by atoms with Crippen LogP contribution >= 0.6 is 11.3 Å². The van der Waals surface area contributed by atoms with Gasteiger partial charge in [0.15, 0.2) is 5.01 Å². The molecule has 0 aliphatic rings. The quantitative estimate of drug-likeness (QED) is 0.746. The molecule has 80 valence electrons. The minimum atomic E-state index is -0.0228. The van der Waals surface area contributed by atoms with Gasteiger partial charge < -0.3 is 4.52 Å². The molecule has 5 heteroatoms. The molecular formula is C10H13N3OS. The van der Waals surface area contributed by atoms with Crippen molar-refractivity contribution in [3.8, 4) is 10.7 Å². The monoisotopic (exact) mass is 223 g/mol. The van der Waals surface area contributed by atoms with Crippen molar-refractivity contribution >= 4 is 11.3 Å². The number of hydrogen-bond donors (Lipinski definition) is 0. The molecule has 0 aliphatic heterocycles. The van der Waals surface area contributed by atoms with Crippen LogP contribution in [0.1, 0.15) is 31.5 Å². The SMILES string of the molecule is Cc1nnc(-c2cc(C(C)(C)C)on2)s1. The van der Waals surface area contributed by atoms with E-state index in [4.69, 9.17) is 4.52 Å². The fourth-order valence-corrected chi connectivity index (χ4v) is 1.77. The Balaban J connectivity index is 2.36. The molecule has 0 radical (unpaired) electrons. The minimum absolute atomic E-state index is 0.0228. The van der Waals surface area contributed by atoms with Crippen LogP contribution in [0.2, 0.25) is 0 Å². The van der Waals surface area contributed by atoms with E-state index in [1.54, 1.807) is 0 Å². The van der Waals surface area contributed by atoms with E-state index in [0.29, 0.717) is 0 Å². The maximum atomic E-state index is 5.28. The first kappa shape index (κ1) is 10.3. The Morgan fingerprint density at radius 3 is 2.47 bits per heavy atom. The number of hydrogen-bond acceptors (Lipinski definition) is 5. The molecule has 0 amide bonds. The lowest BCUT2D eigenvalue weighted by Gasteiger charge is -2.11. The fraction of sp³-hybridized carbons (Fsp3) is 0.500. The van der Waals surface area contributed by atoms with Crippen LogP contribution in [0.25, 0.3) is 10.7 Å². The molecule has 0 aromatic carbocycles. The van der Waals surface area contributed by atoms with Gasteiger partial charge in [-0.05, 0) is 6.92 Å². The van der Waals surface area contributed by atoms with Crippen molar-refractivity contribution < 1.29 is 4.52 Å². The van der Waals surface area contributed by atoms with E-state index >= 15 is 0 Å². The zero-order valence-corrected chi connectivity index (χ0v) is 10.1. The zero-order chi connectivity index (χ0) is 11.1. The molecule has 15 heavy (non-hydrogen) atoms. The first-order chi connectivity index (χ1) is 6.97. The summed E-state index contributed by atoms with van der Waals surface area (Å²) in [5, 5.41) is 13.7. The first-order valence-corrected chi connectivity index (χ1v) is 5.56. The molecule has 0 saturated carbocycles. The average Bonchev–Trinajstić information content (AvgIpc) is 2.69. The van der Waals surface area contributed by atoms with Crippen LogP contribution < -0.4 is 0 Å². The van der Waals surface area contributed by atoms with Crippen LogP contribution in [-0.4, -0.2) is 15.4 Å². The second-order valence-corrected chi connectivity index (χ2v) is 5.63. The third-order valence-corrected chi connectivity index (χ3v) is 2.86. The highest BCUT2D eigenvalue weighted by Gasteiger charge is 2.21. The van der Waals surface area contributed by atoms with E-state index in [9.17, 15) is 0 Å². The third kappa shape index (κ3) is 2.07. The summed E-state index contributed by atoms with van der Waals surface area (Å²) in [5.74, 6) is 0.866. The van der Waals surface area contributed by atoms with Gasteiger partial charge in [0.2, 0.25) is 0 Å². The molecule has 2 rings (SSSR count). The van der Waals surface area contributed by atoms with Gasteiger partial charge in [0.25, 0.3) is 0 Å². The van der Waals surface area contributed by atoms with E-state index in [-0.39, 0.29) is 5.41 Å². The first-order valence-electron chi connectivity index (χ1n) is 4.74. The summed E-state index contributed by atoms with van der Waals surface area (Å²) in [6, 6.07) is 1.93. The van der Waals surface area contributed by atoms with Gasteiger partial charge in [-0.1, -0.05) is 37.3 Å². The van der Waals surface area contributed by atoms with Gasteiger partial charge in [0, 0.05) is 11.5 Å². The van der Waals surface area contributed by atoms with Crippen LogP contribution in [0.4, 0.5) is 0 Å². The summed E-state index contributed by atoms with van der Waals surface area (Å²) < 4.78 is 5.28. The molecule has 0 spiro atoms. The second kappa shape index (κ2) is 3.41. The Hall–Kier alpha value is -1.23. The Bertz CT molecular complexity index is 467. The number of nitrogens with zero attached hydrogens (tertiary/aromatic N) is 3. The lowest BCUT2D eigenvalue weighted by Crippen LogP contribution is -2.09. The van der Waals surface area contributed by atoms with Crippen LogP contribution in [0.15, 0.2) is 10.6 Å². The van der Waals surface area contributed by atoms with Gasteiger partial charge in [-0.2, -0.15) is 0 Å². The molecule has 2 heterocycles. The number of aryl methyl sites for hydroxylation is 1. The van der Waals surface area contributed by atoms with E-state index in [1.807, 2.05) is 13.0 Å². The second-order valence-electron chi connectivity index (χ2n) is 4.45. The third-order valence-electron chi connectivity index (χ3n) is 1.99. The number of aromatic nitrogens is 3. The van der Waals surface area contributed by atoms with Gasteiger partial charge in [-0.15, -0.1) is 10.2 Å². The molecule has 2 aromatic rings. The maximum absolute atomic E-state index is 5.28. The van der Waals surface area contributed by atoms with Crippen LogP contribution in [0, 0.1) is 6.92 Å². The summed E-state index contributed by atoms with van der Waals surface area (Å²) >= 11 is 1.52. The zero-order valence-electron chi connectivity index (χ0n) is 9.24. The molecule has 0 atom stereocenters. The highest BCUT2D eigenvalue weighted by Crippen LogP contribution is 2.28. The Morgan fingerprint density at radius 2 is 2.00 bits per heavy atom. The highest BCUT2D eigenvalue weighted by atomic mass is 32.1. The van der Waals surface area contributed by atoms with Crippen molar-refractivity contribution in [3.63, 3.8) is 0 Å². The fourth-order valence-electron chi connectivity index (χ4n) is 1.13. The van der Waals surface area contributed by atoms with E-state index in [1.165, 1.54) is 11.3 Å². The summed E-state index contributed by atoms with van der Waals surface area (Å²) in [6.45, 7) is 8.18. The smallest absolute Gasteiger partial charge is 0.169 e. The van der Waals surface area contributed by atoms with Crippen molar-refractivity contribution in [3.05, 3.63) is 16.8 Å². The van der Waals surface area contributed by atoms with Crippen molar-refractivity contribution in [1.29, 1.82) is 0 Å². The number of rotatable bonds is 1.